The summed E-state index contributed by atoms with van der Waals surface area (Å²) >= 11 is 1.73. The second kappa shape index (κ2) is 9.72. The van der Waals surface area contributed by atoms with Crippen molar-refractivity contribution in [3.05, 3.63) is 59.9 Å². The van der Waals surface area contributed by atoms with Crippen LogP contribution in [-0.2, 0) is 11.3 Å². The summed E-state index contributed by atoms with van der Waals surface area (Å²) in [5.74, 6) is 1.56. The summed E-state index contributed by atoms with van der Waals surface area (Å²) < 4.78 is 0. The third-order valence-electron chi connectivity index (χ3n) is 3.24. The number of carbonyl (C=O) groups excluding carboxylic acids is 2. The molecule has 24 heavy (non-hydrogen) atoms. The Morgan fingerprint density at radius 2 is 2.04 bits per heavy atom. The van der Waals surface area contributed by atoms with E-state index in [-0.39, 0.29) is 11.8 Å². The van der Waals surface area contributed by atoms with Crippen LogP contribution in [0.3, 0.4) is 0 Å². The van der Waals surface area contributed by atoms with E-state index in [1.165, 1.54) is 0 Å². The number of hydrogen-bond acceptors (Lipinski definition) is 4. The fraction of sp³-hybridized carbons (Fsp3) is 0.278. The maximum Gasteiger partial charge on any atom is 0.251 e. The zero-order valence-electron chi connectivity index (χ0n) is 13.6. The smallest absolute Gasteiger partial charge is 0.251 e. The highest BCUT2D eigenvalue weighted by Gasteiger charge is 2.08. The molecule has 0 atom stereocenters. The van der Waals surface area contributed by atoms with Gasteiger partial charge in [0.15, 0.2) is 0 Å². The van der Waals surface area contributed by atoms with E-state index in [4.69, 9.17) is 0 Å². The molecule has 0 saturated carbocycles. The number of nitrogens with one attached hydrogen (secondary N) is 2. The third kappa shape index (κ3) is 6.04. The van der Waals surface area contributed by atoms with Crippen LogP contribution in [0.25, 0.3) is 0 Å². The Bertz CT molecular complexity index is 677. The first-order valence-corrected chi connectivity index (χ1v) is 9.00. The lowest BCUT2D eigenvalue weighted by Crippen LogP contribution is -2.23. The second-order valence-electron chi connectivity index (χ2n) is 5.08. The summed E-state index contributed by atoms with van der Waals surface area (Å²) in [7, 11) is 0. The van der Waals surface area contributed by atoms with E-state index in [1.54, 1.807) is 42.2 Å². The van der Waals surface area contributed by atoms with Crippen molar-refractivity contribution in [1.82, 2.24) is 10.3 Å². The molecule has 0 radical (unpaired) electrons. The molecule has 2 N–H and O–H groups in total. The van der Waals surface area contributed by atoms with Crippen molar-refractivity contribution >= 4 is 29.3 Å². The van der Waals surface area contributed by atoms with Crippen molar-refractivity contribution in [3.8, 4) is 0 Å². The lowest BCUT2D eigenvalue weighted by Gasteiger charge is -2.08. The van der Waals surface area contributed by atoms with Gasteiger partial charge in [-0.05, 0) is 36.1 Å². The number of hydrogen-bond donors (Lipinski definition) is 2. The molecule has 0 aliphatic rings. The number of thioether (sulfide) groups is 1. The van der Waals surface area contributed by atoms with Crippen LogP contribution >= 0.6 is 11.8 Å². The summed E-state index contributed by atoms with van der Waals surface area (Å²) in [6.07, 6.45) is 2.16. The van der Waals surface area contributed by atoms with Crippen molar-refractivity contribution in [2.24, 2.45) is 0 Å². The van der Waals surface area contributed by atoms with Crippen molar-refractivity contribution in [3.63, 3.8) is 0 Å². The lowest BCUT2D eigenvalue weighted by atomic mass is 10.2. The third-order valence-corrected chi connectivity index (χ3v) is 4.14. The maximum atomic E-state index is 12.2. The maximum absolute atomic E-state index is 12.2. The van der Waals surface area contributed by atoms with Gasteiger partial charge in [0.25, 0.3) is 5.91 Å². The summed E-state index contributed by atoms with van der Waals surface area (Å²) in [5, 5.41) is 5.65. The minimum Gasteiger partial charge on any atom is -0.346 e. The van der Waals surface area contributed by atoms with Crippen LogP contribution in [0, 0.1) is 0 Å². The molecule has 0 saturated heterocycles. The highest BCUT2D eigenvalue weighted by atomic mass is 32.2. The monoisotopic (exact) mass is 343 g/mol. The Hall–Kier alpha value is -2.34. The lowest BCUT2D eigenvalue weighted by molar-refractivity contribution is -0.115. The molecule has 0 spiro atoms. The number of carbonyl (C=O) groups is 2. The minimum absolute atomic E-state index is 0.0398. The molecular weight excluding hydrogens is 322 g/mol. The summed E-state index contributed by atoms with van der Waals surface area (Å²) in [5.41, 5.74) is 1.93. The van der Waals surface area contributed by atoms with E-state index >= 15 is 0 Å². The van der Waals surface area contributed by atoms with Crippen LogP contribution in [0.2, 0.25) is 0 Å². The van der Waals surface area contributed by atoms with Gasteiger partial charge in [-0.3, -0.25) is 14.6 Å². The molecule has 1 aromatic heterocycles. The predicted molar refractivity (Wildman–Crippen MR) is 98.1 cm³/mol. The largest absolute Gasteiger partial charge is 0.346 e. The molecule has 0 aliphatic carbocycles. The molecular formula is C18H21N3O2S. The molecule has 2 amide bonds. The first-order valence-electron chi connectivity index (χ1n) is 7.85. The van der Waals surface area contributed by atoms with E-state index in [9.17, 15) is 9.59 Å². The Morgan fingerprint density at radius 1 is 1.17 bits per heavy atom. The van der Waals surface area contributed by atoms with Gasteiger partial charge in [-0.15, -0.1) is 0 Å². The molecule has 5 nitrogen and oxygen atoms in total. The summed E-state index contributed by atoms with van der Waals surface area (Å²) in [6, 6.07) is 12.5. The molecule has 1 aromatic carbocycles. The van der Waals surface area contributed by atoms with Gasteiger partial charge in [0, 0.05) is 29.6 Å². The van der Waals surface area contributed by atoms with Crippen LogP contribution in [0.5, 0.6) is 0 Å². The number of pyridine rings is 1. The number of nitrogens with zero attached hydrogens (tertiary/aromatic N) is 1. The van der Waals surface area contributed by atoms with Crippen molar-refractivity contribution < 1.29 is 9.59 Å². The molecule has 1 heterocycles. The van der Waals surface area contributed by atoms with Gasteiger partial charge in [-0.2, -0.15) is 11.8 Å². The fourth-order valence-corrected chi connectivity index (χ4v) is 2.66. The standard InChI is InChI=1S/C18H21N3O2S/c1-2-24-11-9-17(22)21-15-8-5-6-14(12-15)18(23)20-13-16-7-3-4-10-19-16/h3-8,10,12H,2,9,11,13H2,1H3,(H,20,23)(H,21,22). The van der Waals surface area contributed by atoms with Crippen LogP contribution in [-0.4, -0.2) is 28.3 Å². The summed E-state index contributed by atoms with van der Waals surface area (Å²) in [4.78, 5) is 28.2. The number of benzene rings is 1. The van der Waals surface area contributed by atoms with Gasteiger partial charge in [-0.1, -0.05) is 19.1 Å². The number of anilines is 1. The Kier molecular flexibility index (Phi) is 7.29. The minimum atomic E-state index is -0.196. The number of aromatic nitrogens is 1. The molecule has 0 fully saturated rings. The molecule has 126 valence electrons. The fourth-order valence-electron chi connectivity index (χ4n) is 2.05. The first kappa shape index (κ1) is 18.0. The highest BCUT2D eigenvalue weighted by Crippen LogP contribution is 2.12. The number of amides is 2. The quantitative estimate of drug-likeness (QED) is 0.723. The van der Waals surface area contributed by atoms with Gasteiger partial charge < -0.3 is 10.6 Å². The van der Waals surface area contributed by atoms with Crippen molar-refractivity contribution in [1.29, 1.82) is 0 Å². The van der Waals surface area contributed by atoms with Gasteiger partial charge in [0.1, 0.15) is 0 Å². The van der Waals surface area contributed by atoms with Crippen LogP contribution in [0.1, 0.15) is 29.4 Å². The van der Waals surface area contributed by atoms with Gasteiger partial charge in [0.2, 0.25) is 5.91 Å². The van der Waals surface area contributed by atoms with Crippen LogP contribution in [0.15, 0.2) is 48.7 Å². The van der Waals surface area contributed by atoms with E-state index in [2.05, 4.69) is 22.5 Å². The SMILES string of the molecule is CCSCCC(=O)Nc1cccc(C(=O)NCc2ccccn2)c1. The predicted octanol–water partition coefficient (Wildman–Crippen LogP) is 3.09. The average Bonchev–Trinajstić information content (AvgIpc) is 2.61. The Labute approximate surface area is 146 Å². The molecule has 6 heteroatoms. The topological polar surface area (TPSA) is 71.1 Å². The van der Waals surface area contributed by atoms with Crippen LogP contribution in [0.4, 0.5) is 5.69 Å². The molecule has 2 rings (SSSR count). The molecule has 0 aliphatic heterocycles. The first-order chi connectivity index (χ1) is 11.7. The van der Waals surface area contributed by atoms with E-state index in [1.807, 2.05) is 18.2 Å². The second-order valence-corrected chi connectivity index (χ2v) is 6.47. The Balaban J connectivity index is 1.89. The van der Waals surface area contributed by atoms with E-state index in [0.29, 0.717) is 24.2 Å². The van der Waals surface area contributed by atoms with Crippen molar-refractivity contribution in [2.45, 2.75) is 19.9 Å². The van der Waals surface area contributed by atoms with Gasteiger partial charge >= 0.3 is 0 Å². The van der Waals surface area contributed by atoms with Gasteiger partial charge in [0.05, 0.1) is 12.2 Å². The number of rotatable bonds is 8. The normalized spacial score (nSPS) is 10.2. The molecule has 0 unspecified atom stereocenters. The van der Waals surface area contributed by atoms with Crippen molar-refractivity contribution in [2.75, 3.05) is 16.8 Å². The molecule has 2 aromatic rings. The highest BCUT2D eigenvalue weighted by molar-refractivity contribution is 7.99. The van der Waals surface area contributed by atoms with Gasteiger partial charge in [-0.25, -0.2) is 0 Å². The van der Waals surface area contributed by atoms with E-state index in [0.717, 1.165) is 17.2 Å². The zero-order valence-corrected chi connectivity index (χ0v) is 14.4. The zero-order chi connectivity index (χ0) is 17.2. The molecule has 0 bridgehead atoms. The van der Waals surface area contributed by atoms with Crippen LogP contribution < -0.4 is 10.6 Å². The summed E-state index contributed by atoms with van der Waals surface area (Å²) in [6.45, 7) is 2.43. The van der Waals surface area contributed by atoms with E-state index < -0.39 is 0 Å². The average molecular weight is 343 g/mol. The Morgan fingerprint density at radius 3 is 2.79 bits per heavy atom.